The molecule has 0 heterocycles. The smallest absolute Gasteiger partial charge is 0.408 e. The van der Waals surface area contributed by atoms with Crippen LogP contribution in [0.3, 0.4) is 0 Å². The Morgan fingerprint density at radius 2 is 1.81 bits per heavy atom. The van der Waals surface area contributed by atoms with Crippen LogP contribution in [0, 0.1) is 0 Å². The zero-order chi connectivity index (χ0) is 20.5. The fourth-order valence-corrected chi connectivity index (χ4v) is 3.62. The average Bonchev–Trinajstić information content (AvgIpc) is 2.52. The lowest BCUT2D eigenvalue weighted by Gasteiger charge is -2.39. The molecule has 4 heteroatoms. The summed E-state index contributed by atoms with van der Waals surface area (Å²) in [5.74, 6) is 0. The summed E-state index contributed by atoms with van der Waals surface area (Å²) in [4.78, 5) is 12.6. The summed E-state index contributed by atoms with van der Waals surface area (Å²) in [6.07, 6.45) is 4.66. The Bertz CT molecular complexity index is 710. The SMILES string of the molecule is CB(C)C1=CCC(NC(=O)OC(C)(C)C)(c2cccc(C(C)(C)C)c2)CC1. The van der Waals surface area contributed by atoms with E-state index >= 15 is 0 Å². The molecule has 1 atom stereocenters. The lowest BCUT2D eigenvalue weighted by molar-refractivity contribution is 0.0442. The minimum Gasteiger partial charge on any atom is -0.444 e. The van der Waals surface area contributed by atoms with Crippen LogP contribution >= 0.6 is 0 Å². The van der Waals surface area contributed by atoms with E-state index in [0.29, 0.717) is 6.71 Å². The van der Waals surface area contributed by atoms with E-state index in [-0.39, 0.29) is 11.5 Å². The van der Waals surface area contributed by atoms with Gasteiger partial charge in [-0.25, -0.2) is 4.79 Å². The third-order valence-corrected chi connectivity index (χ3v) is 5.32. The van der Waals surface area contributed by atoms with Crippen molar-refractivity contribution in [3.05, 3.63) is 46.9 Å². The third kappa shape index (κ3) is 5.63. The Morgan fingerprint density at radius 1 is 1.15 bits per heavy atom. The van der Waals surface area contributed by atoms with Crippen LogP contribution < -0.4 is 5.32 Å². The number of carbonyl (C=O) groups is 1. The molecule has 1 aromatic carbocycles. The molecule has 1 amide bonds. The molecule has 1 aliphatic carbocycles. The molecule has 2 rings (SSSR count). The van der Waals surface area contributed by atoms with Crippen molar-refractivity contribution < 1.29 is 9.53 Å². The Hall–Kier alpha value is -1.71. The molecular formula is C23H36BNO2. The highest BCUT2D eigenvalue weighted by molar-refractivity contribution is 6.64. The summed E-state index contributed by atoms with van der Waals surface area (Å²) >= 11 is 0. The van der Waals surface area contributed by atoms with Crippen molar-refractivity contribution >= 4 is 12.8 Å². The second kappa shape index (κ2) is 7.73. The predicted octanol–water partition coefficient (Wildman–Crippen LogP) is 6.11. The minimum atomic E-state index is -0.508. The van der Waals surface area contributed by atoms with E-state index < -0.39 is 11.1 Å². The summed E-state index contributed by atoms with van der Waals surface area (Å²) < 4.78 is 5.59. The molecule has 0 aliphatic heterocycles. The van der Waals surface area contributed by atoms with Gasteiger partial charge in [0.2, 0.25) is 0 Å². The second-order valence-electron chi connectivity index (χ2n) is 10.2. The van der Waals surface area contributed by atoms with Crippen LogP contribution in [0.1, 0.15) is 71.9 Å². The van der Waals surface area contributed by atoms with Crippen molar-refractivity contribution in [1.29, 1.82) is 0 Å². The maximum atomic E-state index is 12.6. The van der Waals surface area contributed by atoms with Gasteiger partial charge in [0.1, 0.15) is 5.60 Å². The van der Waals surface area contributed by atoms with Crippen LogP contribution in [-0.2, 0) is 15.7 Å². The number of allylic oxidation sites excluding steroid dienone is 1. The molecule has 0 saturated carbocycles. The van der Waals surface area contributed by atoms with E-state index in [4.69, 9.17) is 4.74 Å². The number of benzene rings is 1. The van der Waals surface area contributed by atoms with E-state index in [1.165, 1.54) is 16.6 Å². The van der Waals surface area contributed by atoms with Crippen molar-refractivity contribution in [2.24, 2.45) is 0 Å². The molecule has 1 N–H and O–H groups in total. The highest BCUT2D eigenvalue weighted by Crippen LogP contribution is 2.39. The monoisotopic (exact) mass is 369 g/mol. The van der Waals surface area contributed by atoms with Crippen molar-refractivity contribution in [1.82, 2.24) is 5.32 Å². The fraction of sp³-hybridized carbons (Fsp3) is 0.609. The van der Waals surface area contributed by atoms with Crippen LogP contribution in [0.15, 0.2) is 35.8 Å². The molecular weight excluding hydrogens is 333 g/mol. The normalized spacial score (nSPS) is 20.7. The lowest BCUT2D eigenvalue weighted by atomic mass is 9.46. The van der Waals surface area contributed by atoms with Crippen molar-refractivity contribution in [3.8, 4) is 0 Å². The molecule has 148 valence electrons. The Morgan fingerprint density at radius 3 is 2.30 bits per heavy atom. The van der Waals surface area contributed by atoms with Gasteiger partial charge in [0.15, 0.2) is 6.71 Å². The van der Waals surface area contributed by atoms with E-state index in [0.717, 1.165) is 19.3 Å². The molecule has 0 radical (unpaired) electrons. The number of carbonyl (C=O) groups excluding carboxylic acids is 1. The predicted molar refractivity (Wildman–Crippen MR) is 116 cm³/mol. The van der Waals surface area contributed by atoms with Gasteiger partial charge in [0.25, 0.3) is 0 Å². The minimum absolute atomic E-state index is 0.0662. The van der Waals surface area contributed by atoms with Crippen LogP contribution in [0.25, 0.3) is 0 Å². The molecule has 0 aromatic heterocycles. The first kappa shape index (κ1) is 21.6. The third-order valence-electron chi connectivity index (χ3n) is 5.32. The van der Waals surface area contributed by atoms with Crippen LogP contribution in [0.4, 0.5) is 4.79 Å². The van der Waals surface area contributed by atoms with E-state index in [2.05, 4.69) is 70.1 Å². The standard InChI is InChI=1S/C23H36BNO2/c1-21(2,3)17-10-9-11-18(16-17)23(25-20(26)27-22(4,5)6)14-12-19(13-15-23)24(7)8/h9-12,16H,13-15H2,1-8H3,(H,25,26). The average molecular weight is 369 g/mol. The molecule has 27 heavy (non-hydrogen) atoms. The number of hydrogen-bond donors (Lipinski definition) is 1. The quantitative estimate of drug-likeness (QED) is 0.653. The van der Waals surface area contributed by atoms with Crippen LogP contribution in [-0.4, -0.2) is 18.4 Å². The van der Waals surface area contributed by atoms with Gasteiger partial charge in [-0.05, 0) is 56.6 Å². The fourth-order valence-electron chi connectivity index (χ4n) is 3.62. The van der Waals surface area contributed by atoms with Crippen molar-refractivity contribution in [2.75, 3.05) is 0 Å². The number of alkyl carbamates (subject to hydrolysis) is 1. The number of rotatable bonds is 3. The molecule has 1 unspecified atom stereocenters. The Balaban J connectivity index is 2.41. The molecule has 0 saturated heterocycles. The summed E-state index contributed by atoms with van der Waals surface area (Å²) in [5, 5.41) is 3.24. The van der Waals surface area contributed by atoms with Gasteiger partial charge in [-0.2, -0.15) is 0 Å². The number of ether oxygens (including phenoxy) is 1. The van der Waals surface area contributed by atoms with Gasteiger partial charge in [-0.3, -0.25) is 0 Å². The molecule has 0 fully saturated rings. The van der Waals surface area contributed by atoms with E-state index in [9.17, 15) is 4.79 Å². The maximum absolute atomic E-state index is 12.6. The second-order valence-corrected chi connectivity index (χ2v) is 10.2. The first-order valence-electron chi connectivity index (χ1n) is 10.1. The van der Waals surface area contributed by atoms with Crippen LogP contribution in [0.2, 0.25) is 13.6 Å². The highest BCUT2D eigenvalue weighted by Gasteiger charge is 2.37. The summed E-state index contributed by atoms with van der Waals surface area (Å²) in [7, 11) is 0. The topological polar surface area (TPSA) is 38.3 Å². The molecule has 1 aliphatic rings. The van der Waals surface area contributed by atoms with E-state index in [1.54, 1.807) is 0 Å². The summed E-state index contributed by atoms with van der Waals surface area (Å²) in [6, 6.07) is 8.67. The molecule has 1 aromatic rings. The first-order chi connectivity index (χ1) is 12.3. The van der Waals surface area contributed by atoms with E-state index in [1.807, 2.05) is 20.8 Å². The van der Waals surface area contributed by atoms with Gasteiger partial charge in [-0.1, -0.05) is 64.8 Å². The van der Waals surface area contributed by atoms with Gasteiger partial charge in [-0.15, -0.1) is 5.47 Å². The lowest BCUT2D eigenvalue weighted by Crippen LogP contribution is -2.49. The Kier molecular flexibility index (Phi) is 6.18. The molecule has 0 spiro atoms. The highest BCUT2D eigenvalue weighted by atomic mass is 16.6. The summed E-state index contributed by atoms with van der Waals surface area (Å²) in [6.45, 7) is 17.4. The van der Waals surface area contributed by atoms with Gasteiger partial charge >= 0.3 is 6.09 Å². The number of hydrogen-bond acceptors (Lipinski definition) is 2. The zero-order valence-electron chi connectivity index (χ0n) is 18.4. The van der Waals surface area contributed by atoms with Crippen LogP contribution in [0.5, 0.6) is 0 Å². The Labute approximate surface area is 166 Å². The van der Waals surface area contributed by atoms with Crippen molar-refractivity contribution in [2.45, 2.75) is 91.0 Å². The number of nitrogens with one attached hydrogen (secondary N) is 1. The number of amides is 1. The van der Waals surface area contributed by atoms with Gasteiger partial charge in [0.05, 0.1) is 5.54 Å². The molecule has 0 bridgehead atoms. The zero-order valence-corrected chi connectivity index (χ0v) is 18.4. The largest absolute Gasteiger partial charge is 0.444 e. The maximum Gasteiger partial charge on any atom is 0.408 e. The van der Waals surface area contributed by atoms with Crippen molar-refractivity contribution in [3.63, 3.8) is 0 Å². The van der Waals surface area contributed by atoms with Gasteiger partial charge < -0.3 is 10.1 Å². The molecule has 3 nitrogen and oxygen atoms in total. The first-order valence-corrected chi connectivity index (χ1v) is 10.1. The van der Waals surface area contributed by atoms with Gasteiger partial charge in [0, 0.05) is 0 Å². The summed E-state index contributed by atoms with van der Waals surface area (Å²) in [5.41, 5.74) is 3.07.